The minimum atomic E-state index is -0.215. The Morgan fingerprint density at radius 3 is 2.18 bits per heavy atom. The van der Waals surface area contributed by atoms with Gasteiger partial charge < -0.3 is 19.3 Å². The van der Waals surface area contributed by atoms with Gasteiger partial charge in [-0.25, -0.2) is 14.4 Å². The number of piperazine rings is 1. The first-order chi connectivity index (χ1) is 16.2. The summed E-state index contributed by atoms with van der Waals surface area (Å²) in [7, 11) is 3.24. The summed E-state index contributed by atoms with van der Waals surface area (Å²) in [4.78, 5) is 14.4. The van der Waals surface area contributed by atoms with E-state index in [0.717, 1.165) is 54.2 Å². The summed E-state index contributed by atoms with van der Waals surface area (Å²) in [5.41, 5.74) is 2.80. The number of hydrogen-bond donors (Lipinski definition) is 0. The SMILES string of the molecule is COc1ccc(-c2nc(N3CCN(c4ccc(F)cc4)CC3)c3ccccc3n2)cc1OC. The van der Waals surface area contributed by atoms with Crippen molar-refractivity contribution in [2.75, 3.05) is 50.2 Å². The van der Waals surface area contributed by atoms with Gasteiger partial charge in [0.1, 0.15) is 11.6 Å². The molecule has 1 saturated heterocycles. The fourth-order valence-electron chi connectivity index (χ4n) is 4.23. The molecule has 6 nitrogen and oxygen atoms in total. The van der Waals surface area contributed by atoms with Crippen LogP contribution in [-0.4, -0.2) is 50.4 Å². The Labute approximate surface area is 192 Å². The van der Waals surface area contributed by atoms with Crippen LogP contribution >= 0.6 is 0 Å². The number of methoxy groups -OCH3 is 2. The van der Waals surface area contributed by atoms with Crippen LogP contribution in [0.5, 0.6) is 11.5 Å². The number of rotatable bonds is 5. The highest BCUT2D eigenvalue weighted by molar-refractivity contribution is 5.91. The minimum Gasteiger partial charge on any atom is -0.493 e. The third-order valence-electron chi connectivity index (χ3n) is 6.00. The molecule has 3 aromatic carbocycles. The van der Waals surface area contributed by atoms with Crippen LogP contribution in [0.3, 0.4) is 0 Å². The highest BCUT2D eigenvalue weighted by Gasteiger charge is 2.22. The fourth-order valence-corrected chi connectivity index (χ4v) is 4.23. The molecular weight excluding hydrogens is 419 g/mol. The molecule has 168 valence electrons. The number of fused-ring (bicyclic) bond motifs is 1. The number of anilines is 2. The minimum absolute atomic E-state index is 0.215. The van der Waals surface area contributed by atoms with Gasteiger partial charge in [0.05, 0.1) is 19.7 Å². The van der Waals surface area contributed by atoms with Gasteiger partial charge in [0, 0.05) is 42.8 Å². The molecule has 7 heteroatoms. The summed E-state index contributed by atoms with van der Waals surface area (Å²) in [6.45, 7) is 3.28. The van der Waals surface area contributed by atoms with Crippen molar-refractivity contribution in [2.24, 2.45) is 0 Å². The Kier molecular flexibility index (Phi) is 5.69. The normalized spacial score (nSPS) is 13.9. The molecule has 1 aromatic heterocycles. The van der Waals surface area contributed by atoms with Crippen LogP contribution in [0.15, 0.2) is 66.7 Å². The van der Waals surface area contributed by atoms with E-state index in [-0.39, 0.29) is 5.82 Å². The number of aromatic nitrogens is 2. The third-order valence-corrected chi connectivity index (χ3v) is 6.00. The lowest BCUT2D eigenvalue weighted by Crippen LogP contribution is -2.47. The molecule has 33 heavy (non-hydrogen) atoms. The first kappa shape index (κ1) is 21.0. The van der Waals surface area contributed by atoms with Crippen molar-refractivity contribution in [3.63, 3.8) is 0 Å². The van der Waals surface area contributed by atoms with E-state index < -0.39 is 0 Å². The Balaban J connectivity index is 1.48. The standard InChI is InChI=1S/C26H25FN4O2/c1-32-23-12-7-18(17-24(23)33-2)25-28-22-6-4-3-5-21(22)26(29-25)31-15-13-30(14-16-31)20-10-8-19(27)9-11-20/h3-12,17H,13-16H2,1-2H3. The third kappa shape index (κ3) is 4.14. The lowest BCUT2D eigenvalue weighted by molar-refractivity contribution is 0.355. The average molecular weight is 445 g/mol. The molecule has 1 fully saturated rings. The predicted molar refractivity (Wildman–Crippen MR) is 129 cm³/mol. The molecule has 0 saturated carbocycles. The van der Waals surface area contributed by atoms with E-state index >= 15 is 0 Å². The Bertz CT molecular complexity index is 1270. The van der Waals surface area contributed by atoms with Crippen molar-refractivity contribution >= 4 is 22.4 Å². The van der Waals surface area contributed by atoms with Crippen LogP contribution < -0.4 is 19.3 Å². The highest BCUT2D eigenvalue weighted by Crippen LogP contribution is 2.34. The molecule has 0 radical (unpaired) electrons. The van der Waals surface area contributed by atoms with Crippen molar-refractivity contribution < 1.29 is 13.9 Å². The molecule has 1 aliphatic heterocycles. The molecule has 0 unspecified atom stereocenters. The van der Waals surface area contributed by atoms with E-state index in [1.165, 1.54) is 12.1 Å². The maximum Gasteiger partial charge on any atom is 0.162 e. The molecule has 0 spiro atoms. The van der Waals surface area contributed by atoms with Crippen LogP contribution in [0.4, 0.5) is 15.9 Å². The molecule has 0 N–H and O–H groups in total. The molecule has 5 rings (SSSR count). The quantitative estimate of drug-likeness (QED) is 0.442. The van der Waals surface area contributed by atoms with Crippen LogP contribution in [0, 0.1) is 5.82 Å². The van der Waals surface area contributed by atoms with Crippen molar-refractivity contribution in [3.8, 4) is 22.9 Å². The average Bonchev–Trinajstić information content (AvgIpc) is 2.88. The predicted octanol–water partition coefficient (Wildman–Crippen LogP) is 4.78. The fraction of sp³-hybridized carbons (Fsp3) is 0.231. The molecular formula is C26H25FN4O2. The van der Waals surface area contributed by atoms with Gasteiger partial charge >= 0.3 is 0 Å². The molecule has 0 aliphatic carbocycles. The summed E-state index contributed by atoms with van der Waals surface area (Å²) < 4.78 is 24.1. The van der Waals surface area contributed by atoms with Crippen LogP contribution in [0.1, 0.15) is 0 Å². The Morgan fingerprint density at radius 2 is 1.45 bits per heavy atom. The Hall–Kier alpha value is -3.87. The first-order valence-electron chi connectivity index (χ1n) is 10.9. The number of para-hydroxylation sites is 1. The van der Waals surface area contributed by atoms with E-state index in [9.17, 15) is 4.39 Å². The number of benzene rings is 3. The van der Waals surface area contributed by atoms with Gasteiger partial charge in [0.25, 0.3) is 0 Å². The van der Waals surface area contributed by atoms with Gasteiger partial charge in [0.15, 0.2) is 17.3 Å². The summed E-state index contributed by atoms with van der Waals surface area (Å²) in [5.74, 6) is 2.66. The molecule has 2 heterocycles. The first-order valence-corrected chi connectivity index (χ1v) is 10.9. The van der Waals surface area contributed by atoms with E-state index in [1.54, 1.807) is 14.2 Å². The van der Waals surface area contributed by atoms with Crippen LogP contribution in [0.2, 0.25) is 0 Å². The smallest absolute Gasteiger partial charge is 0.162 e. The summed E-state index contributed by atoms with van der Waals surface area (Å²) in [5, 5.41) is 1.02. The maximum atomic E-state index is 13.3. The summed E-state index contributed by atoms with van der Waals surface area (Å²) >= 11 is 0. The highest BCUT2D eigenvalue weighted by atomic mass is 19.1. The second kappa shape index (κ2) is 8.94. The number of hydrogen-bond acceptors (Lipinski definition) is 6. The Morgan fingerprint density at radius 1 is 0.758 bits per heavy atom. The van der Waals surface area contributed by atoms with Gasteiger partial charge in [-0.3, -0.25) is 0 Å². The van der Waals surface area contributed by atoms with E-state index in [1.807, 2.05) is 48.5 Å². The lowest BCUT2D eigenvalue weighted by atomic mass is 10.1. The zero-order valence-corrected chi connectivity index (χ0v) is 18.7. The van der Waals surface area contributed by atoms with Crippen LogP contribution in [0.25, 0.3) is 22.3 Å². The maximum absolute atomic E-state index is 13.3. The summed E-state index contributed by atoms with van der Waals surface area (Å²) in [6.07, 6.45) is 0. The van der Waals surface area contributed by atoms with Gasteiger partial charge in [-0.2, -0.15) is 0 Å². The number of halogens is 1. The largest absolute Gasteiger partial charge is 0.493 e. The second-order valence-electron chi connectivity index (χ2n) is 7.91. The topological polar surface area (TPSA) is 50.7 Å². The van der Waals surface area contributed by atoms with Gasteiger partial charge in [0.2, 0.25) is 0 Å². The monoisotopic (exact) mass is 444 g/mol. The van der Waals surface area contributed by atoms with E-state index in [2.05, 4.69) is 15.9 Å². The van der Waals surface area contributed by atoms with E-state index in [4.69, 9.17) is 19.4 Å². The van der Waals surface area contributed by atoms with Crippen molar-refractivity contribution in [3.05, 3.63) is 72.5 Å². The number of nitrogens with zero attached hydrogens (tertiary/aromatic N) is 4. The number of ether oxygens (including phenoxy) is 2. The zero-order chi connectivity index (χ0) is 22.8. The van der Waals surface area contributed by atoms with Gasteiger partial charge in [-0.15, -0.1) is 0 Å². The van der Waals surface area contributed by atoms with Crippen LogP contribution in [-0.2, 0) is 0 Å². The lowest BCUT2D eigenvalue weighted by Gasteiger charge is -2.37. The molecule has 4 aromatic rings. The summed E-state index contributed by atoms with van der Waals surface area (Å²) in [6, 6.07) is 20.5. The van der Waals surface area contributed by atoms with Crippen molar-refractivity contribution in [1.29, 1.82) is 0 Å². The van der Waals surface area contributed by atoms with Crippen molar-refractivity contribution in [1.82, 2.24) is 9.97 Å². The van der Waals surface area contributed by atoms with Gasteiger partial charge in [-0.1, -0.05) is 12.1 Å². The molecule has 1 aliphatic rings. The van der Waals surface area contributed by atoms with Gasteiger partial charge in [-0.05, 0) is 54.6 Å². The zero-order valence-electron chi connectivity index (χ0n) is 18.7. The van der Waals surface area contributed by atoms with E-state index in [0.29, 0.717) is 17.3 Å². The second-order valence-corrected chi connectivity index (χ2v) is 7.91. The molecule has 0 bridgehead atoms. The molecule has 0 atom stereocenters. The molecule has 0 amide bonds. The van der Waals surface area contributed by atoms with Crippen molar-refractivity contribution in [2.45, 2.75) is 0 Å².